The number of aliphatic hydroxyl groups is 1. The smallest absolute Gasteiger partial charge is 0.0690 e. The number of nitrogens with one attached hydrogen (secondary N) is 1. The van der Waals surface area contributed by atoms with Gasteiger partial charge in [-0.25, -0.2) is 0 Å². The number of fused-ring (bicyclic) bond motifs is 1. The van der Waals surface area contributed by atoms with Crippen LogP contribution >= 0.6 is 11.8 Å². The van der Waals surface area contributed by atoms with Crippen LogP contribution in [0.2, 0.25) is 0 Å². The van der Waals surface area contributed by atoms with Crippen molar-refractivity contribution in [2.45, 2.75) is 23.4 Å². The number of hydrogen-bond acceptors (Lipinski definition) is 3. The van der Waals surface area contributed by atoms with Gasteiger partial charge in [0.1, 0.15) is 0 Å². The maximum atomic E-state index is 9.99. The van der Waals surface area contributed by atoms with Crippen molar-refractivity contribution in [1.82, 2.24) is 5.32 Å². The van der Waals surface area contributed by atoms with Crippen molar-refractivity contribution in [3.05, 3.63) is 65.7 Å². The fraction of sp³-hybridized carbons (Fsp3) is 0.294. The molecule has 104 valence electrons. The highest BCUT2D eigenvalue weighted by Crippen LogP contribution is 2.40. The van der Waals surface area contributed by atoms with Crippen molar-refractivity contribution < 1.29 is 5.11 Å². The molecule has 0 bridgehead atoms. The fourth-order valence-corrected chi connectivity index (χ4v) is 3.99. The summed E-state index contributed by atoms with van der Waals surface area (Å²) >= 11 is 1.88. The molecule has 0 fully saturated rings. The van der Waals surface area contributed by atoms with Gasteiger partial charge in [0.15, 0.2) is 0 Å². The molecule has 0 spiro atoms. The van der Waals surface area contributed by atoms with Gasteiger partial charge in [-0.2, -0.15) is 0 Å². The Morgan fingerprint density at radius 2 is 1.80 bits per heavy atom. The SMILES string of the molecule is OCC1(NCc2ccccc2)CCSc2ccccc21. The number of benzene rings is 2. The van der Waals surface area contributed by atoms with Crippen LogP contribution in [-0.2, 0) is 12.1 Å². The first-order valence-corrected chi connectivity index (χ1v) is 7.95. The van der Waals surface area contributed by atoms with Crippen LogP contribution in [0.25, 0.3) is 0 Å². The lowest BCUT2D eigenvalue weighted by atomic mass is 9.87. The Morgan fingerprint density at radius 3 is 2.60 bits per heavy atom. The van der Waals surface area contributed by atoms with Crippen LogP contribution < -0.4 is 5.32 Å². The van der Waals surface area contributed by atoms with Crippen molar-refractivity contribution in [3.63, 3.8) is 0 Å². The summed E-state index contributed by atoms with van der Waals surface area (Å²) in [6.07, 6.45) is 0.956. The summed E-state index contributed by atoms with van der Waals surface area (Å²) < 4.78 is 0. The molecule has 0 saturated carbocycles. The molecule has 1 unspecified atom stereocenters. The van der Waals surface area contributed by atoms with E-state index in [1.807, 2.05) is 30.0 Å². The van der Waals surface area contributed by atoms with Crippen LogP contribution in [0.5, 0.6) is 0 Å². The fourth-order valence-electron chi connectivity index (χ4n) is 2.73. The average Bonchev–Trinajstić information content (AvgIpc) is 2.54. The normalized spacial score (nSPS) is 21.4. The number of hydrogen-bond donors (Lipinski definition) is 2. The van der Waals surface area contributed by atoms with E-state index in [0.29, 0.717) is 0 Å². The number of rotatable bonds is 4. The second-order valence-electron chi connectivity index (χ2n) is 5.17. The zero-order valence-corrected chi connectivity index (χ0v) is 12.2. The Hall–Kier alpha value is -1.29. The first kappa shape index (κ1) is 13.7. The zero-order chi connectivity index (χ0) is 13.8. The van der Waals surface area contributed by atoms with Gasteiger partial charge < -0.3 is 10.4 Å². The molecule has 2 aromatic rings. The second kappa shape index (κ2) is 6.00. The standard InChI is InChI=1S/C17H19NOS/c19-13-17(18-12-14-6-2-1-3-7-14)10-11-20-16-9-5-4-8-15(16)17/h1-9,18-19H,10-13H2. The molecular weight excluding hydrogens is 266 g/mol. The van der Waals surface area contributed by atoms with Gasteiger partial charge in [-0.3, -0.25) is 0 Å². The highest BCUT2D eigenvalue weighted by atomic mass is 32.2. The van der Waals surface area contributed by atoms with Gasteiger partial charge in [-0.05, 0) is 23.6 Å². The molecule has 3 heteroatoms. The Morgan fingerprint density at radius 1 is 1.05 bits per heavy atom. The maximum absolute atomic E-state index is 9.99. The van der Waals surface area contributed by atoms with E-state index in [0.717, 1.165) is 18.7 Å². The Labute approximate surface area is 124 Å². The van der Waals surface area contributed by atoms with E-state index in [4.69, 9.17) is 0 Å². The monoisotopic (exact) mass is 285 g/mol. The minimum absolute atomic E-state index is 0.136. The first-order chi connectivity index (χ1) is 9.84. The summed E-state index contributed by atoms with van der Waals surface area (Å²) in [5, 5.41) is 13.6. The van der Waals surface area contributed by atoms with E-state index in [-0.39, 0.29) is 12.1 Å². The lowest BCUT2D eigenvalue weighted by molar-refractivity contribution is 0.151. The summed E-state index contributed by atoms with van der Waals surface area (Å²) in [6.45, 7) is 0.914. The third-order valence-electron chi connectivity index (χ3n) is 3.93. The van der Waals surface area contributed by atoms with E-state index in [1.165, 1.54) is 16.0 Å². The van der Waals surface area contributed by atoms with Crippen LogP contribution in [0.1, 0.15) is 17.5 Å². The summed E-state index contributed by atoms with van der Waals surface area (Å²) in [5.74, 6) is 1.04. The molecule has 0 amide bonds. The van der Waals surface area contributed by atoms with E-state index < -0.39 is 0 Å². The molecule has 1 aliphatic heterocycles. The van der Waals surface area contributed by atoms with Crippen LogP contribution in [0.3, 0.4) is 0 Å². The minimum atomic E-state index is -0.308. The molecule has 1 atom stereocenters. The molecule has 0 aromatic heterocycles. The third kappa shape index (κ3) is 2.62. The van der Waals surface area contributed by atoms with E-state index in [1.54, 1.807) is 0 Å². The lowest BCUT2D eigenvalue weighted by Gasteiger charge is -2.38. The molecular formula is C17H19NOS. The van der Waals surface area contributed by atoms with Crippen molar-refractivity contribution >= 4 is 11.8 Å². The summed E-state index contributed by atoms with van der Waals surface area (Å²) in [4.78, 5) is 1.29. The molecule has 2 N–H and O–H groups in total. The summed E-state index contributed by atoms with van der Waals surface area (Å²) in [7, 11) is 0. The molecule has 1 aliphatic rings. The third-order valence-corrected chi connectivity index (χ3v) is 5.01. The highest BCUT2D eigenvalue weighted by molar-refractivity contribution is 7.99. The lowest BCUT2D eigenvalue weighted by Crippen LogP contribution is -2.47. The maximum Gasteiger partial charge on any atom is 0.0690 e. The zero-order valence-electron chi connectivity index (χ0n) is 11.4. The predicted molar refractivity (Wildman–Crippen MR) is 83.8 cm³/mol. The molecule has 1 heterocycles. The van der Waals surface area contributed by atoms with Gasteiger partial charge in [-0.15, -0.1) is 11.8 Å². The average molecular weight is 285 g/mol. The molecule has 2 aromatic carbocycles. The van der Waals surface area contributed by atoms with Gasteiger partial charge in [0.2, 0.25) is 0 Å². The van der Waals surface area contributed by atoms with Gasteiger partial charge in [-0.1, -0.05) is 48.5 Å². The Bertz CT molecular complexity index is 572. The first-order valence-electron chi connectivity index (χ1n) is 6.96. The van der Waals surface area contributed by atoms with Crippen LogP contribution in [0.15, 0.2) is 59.5 Å². The molecule has 0 radical (unpaired) electrons. The number of thioether (sulfide) groups is 1. The van der Waals surface area contributed by atoms with Crippen molar-refractivity contribution in [1.29, 1.82) is 0 Å². The summed E-state index contributed by atoms with van der Waals surface area (Å²) in [6, 6.07) is 18.8. The quantitative estimate of drug-likeness (QED) is 0.905. The van der Waals surface area contributed by atoms with Crippen molar-refractivity contribution in [3.8, 4) is 0 Å². The Balaban J connectivity index is 1.85. The second-order valence-corrected chi connectivity index (χ2v) is 6.31. The van der Waals surface area contributed by atoms with Gasteiger partial charge >= 0.3 is 0 Å². The van der Waals surface area contributed by atoms with Crippen molar-refractivity contribution in [2.24, 2.45) is 0 Å². The summed E-state index contributed by atoms with van der Waals surface area (Å²) in [5.41, 5.74) is 2.17. The van der Waals surface area contributed by atoms with Gasteiger partial charge in [0.25, 0.3) is 0 Å². The highest BCUT2D eigenvalue weighted by Gasteiger charge is 2.35. The van der Waals surface area contributed by atoms with E-state index >= 15 is 0 Å². The van der Waals surface area contributed by atoms with Crippen molar-refractivity contribution in [2.75, 3.05) is 12.4 Å². The molecule has 20 heavy (non-hydrogen) atoms. The number of aliphatic hydroxyl groups excluding tert-OH is 1. The Kier molecular flexibility index (Phi) is 4.10. The molecule has 2 nitrogen and oxygen atoms in total. The van der Waals surface area contributed by atoms with E-state index in [9.17, 15) is 5.11 Å². The van der Waals surface area contributed by atoms with Gasteiger partial charge in [0.05, 0.1) is 12.1 Å². The van der Waals surface area contributed by atoms with E-state index in [2.05, 4.69) is 41.7 Å². The van der Waals surface area contributed by atoms with Crippen LogP contribution in [0, 0.1) is 0 Å². The topological polar surface area (TPSA) is 32.3 Å². The van der Waals surface area contributed by atoms with Crippen LogP contribution in [0.4, 0.5) is 0 Å². The molecule has 3 rings (SSSR count). The van der Waals surface area contributed by atoms with Crippen LogP contribution in [-0.4, -0.2) is 17.5 Å². The molecule has 0 aliphatic carbocycles. The minimum Gasteiger partial charge on any atom is -0.394 e. The molecule has 0 saturated heterocycles. The predicted octanol–water partition coefficient (Wildman–Crippen LogP) is 3.16. The van der Waals surface area contributed by atoms with Gasteiger partial charge in [0, 0.05) is 17.2 Å². The largest absolute Gasteiger partial charge is 0.394 e.